The molecular weight excluding hydrogens is 404 g/mol. The fraction of sp³-hybridized carbons (Fsp3) is 0.643. The molecule has 0 radical (unpaired) electrons. The van der Waals surface area contributed by atoms with E-state index in [4.69, 9.17) is 0 Å². The highest BCUT2D eigenvalue weighted by molar-refractivity contribution is 9.13. The maximum atomic E-state index is 12.8. The Hall–Kier alpha value is 0.0900. The molecule has 112 valence electrons. The predicted molar refractivity (Wildman–Crippen MR) is 91.6 cm³/mol. The Morgan fingerprint density at radius 1 is 1.30 bits per heavy atom. The lowest BCUT2D eigenvalue weighted by atomic mass is 10.2. The molecule has 0 saturated heterocycles. The smallest absolute Gasteiger partial charge is 0.264 e. The molecule has 1 saturated carbocycles. The average Bonchev–Trinajstić information content (AvgIpc) is 3.00. The van der Waals surface area contributed by atoms with E-state index in [0.717, 1.165) is 39.1 Å². The number of halogens is 2. The first-order chi connectivity index (χ1) is 9.49. The van der Waals surface area contributed by atoms with Crippen molar-refractivity contribution in [3.8, 4) is 0 Å². The van der Waals surface area contributed by atoms with Crippen LogP contribution >= 0.6 is 43.2 Å². The first-order valence-electron chi connectivity index (χ1n) is 6.89. The van der Waals surface area contributed by atoms with Crippen molar-refractivity contribution in [2.75, 3.05) is 27.2 Å². The lowest BCUT2D eigenvalue weighted by molar-refractivity contribution is 0.0672. The van der Waals surface area contributed by atoms with Crippen LogP contribution in [0.15, 0.2) is 14.3 Å². The predicted octanol–water partition coefficient (Wildman–Crippen LogP) is 4.22. The van der Waals surface area contributed by atoms with Crippen LogP contribution < -0.4 is 0 Å². The Kier molecular flexibility index (Phi) is 6.08. The zero-order valence-electron chi connectivity index (χ0n) is 11.9. The summed E-state index contributed by atoms with van der Waals surface area (Å²) >= 11 is 8.44. The molecule has 0 unspecified atom stereocenters. The third-order valence-corrected chi connectivity index (χ3v) is 6.91. The van der Waals surface area contributed by atoms with E-state index in [1.165, 1.54) is 24.2 Å². The van der Waals surface area contributed by atoms with Gasteiger partial charge in [-0.05, 0) is 64.9 Å². The van der Waals surface area contributed by atoms with E-state index in [9.17, 15) is 4.79 Å². The molecule has 0 atom stereocenters. The van der Waals surface area contributed by atoms with Crippen molar-refractivity contribution in [1.82, 2.24) is 9.80 Å². The van der Waals surface area contributed by atoms with E-state index < -0.39 is 0 Å². The molecule has 20 heavy (non-hydrogen) atoms. The second-order valence-electron chi connectivity index (χ2n) is 5.47. The number of hydrogen-bond acceptors (Lipinski definition) is 3. The van der Waals surface area contributed by atoms with Crippen LogP contribution in [0.25, 0.3) is 0 Å². The fourth-order valence-corrected chi connectivity index (χ4v) is 4.56. The first-order valence-corrected chi connectivity index (χ1v) is 9.30. The summed E-state index contributed by atoms with van der Waals surface area (Å²) < 4.78 is 1.95. The lowest BCUT2D eigenvalue weighted by Gasteiger charge is -2.29. The van der Waals surface area contributed by atoms with Gasteiger partial charge >= 0.3 is 0 Å². The summed E-state index contributed by atoms with van der Waals surface area (Å²) in [6, 6.07) is 2.34. The van der Waals surface area contributed by atoms with Crippen LogP contribution in [-0.2, 0) is 0 Å². The van der Waals surface area contributed by atoms with Gasteiger partial charge in [-0.3, -0.25) is 4.79 Å². The molecule has 1 aromatic rings. The highest BCUT2D eigenvalue weighted by atomic mass is 79.9. The second-order valence-corrected chi connectivity index (χ2v) is 8.70. The molecule has 3 nitrogen and oxygen atoms in total. The molecule has 2 rings (SSSR count). The monoisotopic (exact) mass is 422 g/mol. The highest BCUT2D eigenvalue weighted by Crippen LogP contribution is 2.34. The summed E-state index contributed by atoms with van der Waals surface area (Å²) in [6.07, 6.45) is 4.78. The summed E-state index contributed by atoms with van der Waals surface area (Å²) in [5.74, 6) is 0.176. The van der Waals surface area contributed by atoms with E-state index in [1.807, 2.05) is 6.07 Å². The van der Waals surface area contributed by atoms with E-state index in [0.29, 0.717) is 6.04 Å². The third-order valence-electron chi connectivity index (χ3n) is 3.67. The summed E-state index contributed by atoms with van der Waals surface area (Å²) in [7, 11) is 4.10. The zero-order valence-corrected chi connectivity index (χ0v) is 15.9. The number of rotatable bonds is 5. The maximum absolute atomic E-state index is 12.8. The molecule has 0 aliphatic heterocycles. The molecule has 0 bridgehead atoms. The molecule has 1 amide bonds. The minimum absolute atomic E-state index is 0.176. The van der Waals surface area contributed by atoms with Crippen molar-refractivity contribution >= 4 is 49.1 Å². The molecule has 6 heteroatoms. The molecule has 1 aliphatic carbocycles. The lowest BCUT2D eigenvalue weighted by Crippen LogP contribution is -2.42. The Labute approximate surface area is 141 Å². The minimum Gasteiger partial charge on any atom is -0.334 e. The van der Waals surface area contributed by atoms with Crippen molar-refractivity contribution in [3.05, 3.63) is 19.2 Å². The van der Waals surface area contributed by atoms with Gasteiger partial charge in [0.2, 0.25) is 0 Å². The van der Waals surface area contributed by atoms with Crippen LogP contribution in [0, 0.1) is 0 Å². The van der Waals surface area contributed by atoms with Gasteiger partial charge in [-0.2, -0.15) is 0 Å². The van der Waals surface area contributed by atoms with E-state index >= 15 is 0 Å². The zero-order chi connectivity index (χ0) is 14.7. The Bertz CT molecular complexity index is 450. The number of carbonyl (C=O) groups excluding carboxylic acids is 1. The number of nitrogens with zero attached hydrogens (tertiary/aromatic N) is 2. The molecule has 1 aliphatic rings. The largest absolute Gasteiger partial charge is 0.334 e. The Morgan fingerprint density at radius 3 is 2.45 bits per heavy atom. The molecular formula is C14H20Br2N2OS. The minimum atomic E-state index is 0.176. The number of amides is 1. The summed E-state index contributed by atoms with van der Waals surface area (Å²) in [6.45, 7) is 1.72. The van der Waals surface area contributed by atoms with Crippen LogP contribution in [0.4, 0.5) is 0 Å². The van der Waals surface area contributed by atoms with Gasteiger partial charge in [-0.15, -0.1) is 11.3 Å². The van der Waals surface area contributed by atoms with Gasteiger partial charge in [0.25, 0.3) is 5.91 Å². The van der Waals surface area contributed by atoms with Crippen molar-refractivity contribution in [3.63, 3.8) is 0 Å². The van der Waals surface area contributed by atoms with E-state index in [-0.39, 0.29) is 5.91 Å². The molecule has 0 N–H and O–H groups in total. The standard InChI is InChI=1S/C14H20Br2N2OS/c1-17(2)7-8-18(10-5-3-4-6-10)14(19)12-9-11(15)13(16)20-12/h9-10H,3-8H2,1-2H3. The number of carbonyl (C=O) groups is 1. The summed E-state index contributed by atoms with van der Waals surface area (Å²) in [5.41, 5.74) is 0. The molecule has 0 spiro atoms. The molecule has 0 aromatic carbocycles. The van der Waals surface area contributed by atoms with Crippen molar-refractivity contribution in [2.45, 2.75) is 31.7 Å². The SMILES string of the molecule is CN(C)CCN(C(=O)c1cc(Br)c(Br)s1)C1CCCC1. The molecule has 1 heterocycles. The Morgan fingerprint density at radius 2 is 1.95 bits per heavy atom. The number of thiophene rings is 1. The third kappa shape index (κ3) is 4.06. The van der Waals surface area contributed by atoms with Gasteiger partial charge in [0.1, 0.15) is 0 Å². The molecule has 1 fully saturated rings. The second kappa shape index (κ2) is 7.38. The van der Waals surface area contributed by atoms with Crippen LogP contribution in [0.2, 0.25) is 0 Å². The van der Waals surface area contributed by atoms with Crippen LogP contribution in [0.5, 0.6) is 0 Å². The number of likely N-dealkylation sites (N-methyl/N-ethyl adjacent to an activating group) is 1. The normalized spacial score (nSPS) is 16.1. The van der Waals surface area contributed by atoms with Crippen molar-refractivity contribution in [1.29, 1.82) is 0 Å². The highest BCUT2D eigenvalue weighted by Gasteiger charge is 2.28. The van der Waals surface area contributed by atoms with Crippen molar-refractivity contribution in [2.24, 2.45) is 0 Å². The van der Waals surface area contributed by atoms with Gasteiger partial charge < -0.3 is 9.80 Å². The van der Waals surface area contributed by atoms with Crippen molar-refractivity contribution < 1.29 is 4.79 Å². The topological polar surface area (TPSA) is 23.6 Å². The van der Waals surface area contributed by atoms with Gasteiger partial charge in [-0.25, -0.2) is 0 Å². The molecule has 1 aromatic heterocycles. The van der Waals surface area contributed by atoms with E-state index in [2.05, 4.69) is 55.8 Å². The van der Waals surface area contributed by atoms with Gasteiger partial charge in [0.05, 0.1) is 8.66 Å². The van der Waals surface area contributed by atoms with Crippen LogP contribution in [0.3, 0.4) is 0 Å². The van der Waals surface area contributed by atoms with Gasteiger partial charge in [0, 0.05) is 23.6 Å². The van der Waals surface area contributed by atoms with Gasteiger partial charge in [-0.1, -0.05) is 12.8 Å². The Balaban J connectivity index is 2.13. The first kappa shape index (κ1) is 16.5. The van der Waals surface area contributed by atoms with Crippen LogP contribution in [-0.4, -0.2) is 48.9 Å². The summed E-state index contributed by atoms with van der Waals surface area (Å²) in [4.78, 5) is 17.8. The quantitative estimate of drug-likeness (QED) is 0.707. The van der Waals surface area contributed by atoms with Gasteiger partial charge in [0.15, 0.2) is 0 Å². The van der Waals surface area contributed by atoms with Crippen LogP contribution in [0.1, 0.15) is 35.4 Å². The van der Waals surface area contributed by atoms with E-state index in [1.54, 1.807) is 0 Å². The summed E-state index contributed by atoms with van der Waals surface area (Å²) in [5, 5.41) is 0. The average molecular weight is 424 g/mol. The fourth-order valence-electron chi connectivity index (χ4n) is 2.57. The maximum Gasteiger partial charge on any atom is 0.264 e. The number of hydrogen-bond donors (Lipinski definition) is 0.